The van der Waals surface area contributed by atoms with Gasteiger partial charge in [0.1, 0.15) is 17.4 Å². The van der Waals surface area contributed by atoms with E-state index in [0.717, 1.165) is 69.5 Å². The van der Waals surface area contributed by atoms with Crippen molar-refractivity contribution in [3.63, 3.8) is 0 Å². The number of nitrogens with zero attached hydrogens (tertiary/aromatic N) is 9. The lowest BCUT2D eigenvalue weighted by molar-refractivity contribution is -0.135. The zero-order valence-corrected chi connectivity index (χ0v) is 30.7. The molecule has 3 fully saturated rings. The molecule has 18 heteroatoms. The molecule has 1 aromatic carbocycles. The first-order valence-electron chi connectivity index (χ1n) is 18.8. The van der Waals surface area contributed by atoms with Crippen LogP contribution in [-0.4, -0.2) is 101 Å². The zero-order valence-electron chi connectivity index (χ0n) is 30.7. The van der Waals surface area contributed by atoms with Gasteiger partial charge in [-0.15, -0.1) is 0 Å². The van der Waals surface area contributed by atoms with Crippen molar-refractivity contribution in [1.29, 1.82) is 0 Å². The van der Waals surface area contributed by atoms with Crippen LogP contribution in [0.2, 0.25) is 0 Å². The fourth-order valence-corrected chi connectivity index (χ4v) is 8.38. The standard InChI is InChI=1S/C37H44F2N12O4/c1-40-29-12-17-49-34(43-29)25(18-41-49)35(53)42-26-21-50(45-31(26)33(38)39)24-10-15-47(16-11-24)19-22-8-13-48(14-9-22)20-23-4-3-5-27-32(23)46(2)37(55)51(27)28-6-7-30(52)44-36(28)54/h3-5,12,17-18,21-22,24,28,33H,6-11,13-16,19-20H2,1-2H3,(H,40,43)(H,42,53)(H,44,52,54). The second-order valence-electron chi connectivity index (χ2n) is 14.8. The van der Waals surface area contributed by atoms with Gasteiger partial charge in [-0.25, -0.2) is 23.1 Å². The minimum absolute atomic E-state index is 0.0244. The van der Waals surface area contributed by atoms with Gasteiger partial charge >= 0.3 is 5.69 Å². The number of anilines is 2. The highest BCUT2D eigenvalue weighted by atomic mass is 19.3. The Hall–Kier alpha value is -5.49. The molecule has 0 radical (unpaired) electrons. The normalized spacial score (nSPS) is 19.5. The fourth-order valence-electron chi connectivity index (χ4n) is 8.38. The average molecular weight is 759 g/mol. The summed E-state index contributed by atoms with van der Waals surface area (Å²) < 4.78 is 34.4. The van der Waals surface area contributed by atoms with Crippen LogP contribution >= 0.6 is 0 Å². The number of rotatable bonds is 10. The number of carbonyl (C=O) groups excluding carboxylic acids is 3. The molecule has 0 aliphatic carbocycles. The van der Waals surface area contributed by atoms with Crippen molar-refractivity contribution < 1.29 is 23.2 Å². The summed E-state index contributed by atoms with van der Waals surface area (Å²) in [5, 5.41) is 16.3. The van der Waals surface area contributed by atoms with Crippen LogP contribution in [0.4, 0.5) is 20.3 Å². The number of likely N-dealkylation sites (tertiary alicyclic amines) is 2. The quantitative estimate of drug-likeness (QED) is 0.180. The zero-order chi connectivity index (χ0) is 38.4. The molecule has 3 aliphatic heterocycles. The number of piperidine rings is 3. The summed E-state index contributed by atoms with van der Waals surface area (Å²) in [4.78, 5) is 60.2. The van der Waals surface area contributed by atoms with Crippen LogP contribution in [0.3, 0.4) is 0 Å². The molecule has 8 rings (SSSR count). The number of imidazole rings is 1. The van der Waals surface area contributed by atoms with E-state index in [1.165, 1.54) is 21.5 Å². The van der Waals surface area contributed by atoms with Crippen molar-refractivity contribution in [3.05, 3.63) is 70.2 Å². The lowest BCUT2D eigenvalue weighted by Gasteiger charge is -2.37. The van der Waals surface area contributed by atoms with Crippen molar-refractivity contribution in [2.75, 3.05) is 50.4 Å². The van der Waals surface area contributed by atoms with Gasteiger partial charge in [0, 0.05) is 59.1 Å². The van der Waals surface area contributed by atoms with Crippen LogP contribution in [0.15, 0.2) is 47.7 Å². The third-order valence-corrected chi connectivity index (χ3v) is 11.3. The molecule has 55 heavy (non-hydrogen) atoms. The number of alkyl halides is 2. The molecule has 1 unspecified atom stereocenters. The number of halogens is 2. The molecule has 3 N–H and O–H groups in total. The predicted octanol–water partition coefficient (Wildman–Crippen LogP) is 3.34. The van der Waals surface area contributed by atoms with Crippen LogP contribution in [0.25, 0.3) is 16.7 Å². The van der Waals surface area contributed by atoms with Crippen molar-refractivity contribution in [3.8, 4) is 0 Å². The van der Waals surface area contributed by atoms with Crippen LogP contribution in [-0.2, 0) is 23.2 Å². The third-order valence-electron chi connectivity index (χ3n) is 11.3. The number of hydrogen-bond acceptors (Lipinski definition) is 10. The third kappa shape index (κ3) is 7.11. The van der Waals surface area contributed by atoms with Gasteiger partial charge in [0.25, 0.3) is 12.3 Å². The van der Waals surface area contributed by atoms with E-state index < -0.39 is 30.0 Å². The molecule has 7 heterocycles. The molecule has 16 nitrogen and oxygen atoms in total. The lowest BCUT2D eigenvalue weighted by atomic mass is 9.94. The largest absolute Gasteiger partial charge is 0.373 e. The first kappa shape index (κ1) is 36.5. The maximum absolute atomic E-state index is 14.1. The number of aromatic nitrogens is 7. The Balaban J connectivity index is 0.853. The number of amides is 3. The maximum Gasteiger partial charge on any atom is 0.329 e. The maximum atomic E-state index is 14.1. The van der Waals surface area contributed by atoms with E-state index in [1.54, 1.807) is 35.6 Å². The topological polar surface area (TPSA) is 169 Å². The summed E-state index contributed by atoms with van der Waals surface area (Å²) in [6.07, 6.45) is 5.73. The number of aryl methyl sites for hydroxylation is 1. The summed E-state index contributed by atoms with van der Waals surface area (Å²) in [7, 11) is 3.44. The van der Waals surface area contributed by atoms with E-state index >= 15 is 0 Å². The summed E-state index contributed by atoms with van der Waals surface area (Å²) in [6, 6.07) is 6.74. The van der Waals surface area contributed by atoms with Gasteiger partial charge in [0.15, 0.2) is 11.3 Å². The molecule has 0 bridgehead atoms. The number of imide groups is 1. The first-order chi connectivity index (χ1) is 26.6. The van der Waals surface area contributed by atoms with E-state index in [-0.39, 0.29) is 35.3 Å². The monoisotopic (exact) mass is 758 g/mol. The molecule has 3 saturated heterocycles. The number of carbonyl (C=O) groups is 3. The second kappa shape index (κ2) is 15.0. The molecule has 5 aromatic rings. The van der Waals surface area contributed by atoms with E-state index in [4.69, 9.17) is 0 Å². The van der Waals surface area contributed by atoms with Gasteiger partial charge in [-0.3, -0.25) is 38.4 Å². The number of fused-ring (bicyclic) bond motifs is 2. The molecule has 1 atom stereocenters. The summed E-state index contributed by atoms with van der Waals surface area (Å²) >= 11 is 0. The van der Waals surface area contributed by atoms with Crippen LogP contribution in [0, 0.1) is 5.92 Å². The summed E-state index contributed by atoms with van der Waals surface area (Å²) in [5.74, 6) is -0.283. The second-order valence-corrected chi connectivity index (χ2v) is 14.8. The molecule has 0 saturated carbocycles. The van der Waals surface area contributed by atoms with E-state index in [9.17, 15) is 28.0 Å². The van der Waals surface area contributed by atoms with Crippen LogP contribution in [0.1, 0.15) is 78.6 Å². The highest BCUT2D eigenvalue weighted by molar-refractivity contribution is 6.08. The Kier molecular flexibility index (Phi) is 9.93. The SMILES string of the molecule is CNc1ccn2ncc(C(=O)Nc3cn(C4CCN(CC5CCN(Cc6cccc7c6n(C)c(=O)n7C6CCC(=O)NC6=O)CC5)CC4)nc3C(F)F)c2n1. The Morgan fingerprint density at radius 1 is 1.02 bits per heavy atom. The van der Waals surface area contributed by atoms with Gasteiger partial charge in [-0.1, -0.05) is 12.1 Å². The number of benzene rings is 1. The predicted molar refractivity (Wildman–Crippen MR) is 199 cm³/mol. The van der Waals surface area contributed by atoms with E-state index in [0.29, 0.717) is 35.9 Å². The highest BCUT2D eigenvalue weighted by Gasteiger charge is 2.33. The number of hydrogen-bond donors (Lipinski definition) is 3. The lowest BCUT2D eigenvalue weighted by Crippen LogP contribution is -2.44. The van der Waals surface area contributed by atoms with Crippen molar-refractivity contribution >= 4 is 45.9 Å². The van der Waals surface area contributed by atoms with Gasteiger partial charge in [0.05, 0.1) is 29.0 Å². The van der Waals surface area contributed by atoms with Crippen LogP contribution < -0.4 is 21.6 Å². The Morgan fingerprint density at radius 2 is 1.78 bits per heavy atom. The highest BCUT2D eigenvalue weighted by Crippen LogP contribution is 2.32. The van der Waals surface area contributed by atoms with Gasteiger partial charge in [0.2, 0.25) is 11.8 Å². The van der Waals surface area contributed by atoms with Crippen molar-refractivity contribution in [1.82, 2.24) is 48.6 Å². The Morgan fingerprint density at radius 3 is 2.51 bits per heavy atom. The smallest absolute Gasteiger partial charge is 0.329 e. The van der Waals surface area contributed by atoms with E-state index in [1.807, 2.05) is 18.2 Å². The van der Waals surface area contributed by atoms with Crippen molar-refractivity contribution in [2.45, 2.75) is 63.6 Å². The van der Waals surface area contributed by atoms with Gasteiger partial charge in [-0.05, 0) is 68.8 Å². The average Bonchev–Trinajstić information content (AvgIpc) is 3.87. The molecule has 3 aliphatic rings. The molecule has 290 valence electrons. The number of nitrogens with one attached hydrogen (secondary N) is 3. The van der Waals surface area contributed by atoms with Gasteiger partial charge in [-0.2, -0.15) is 10.2 Å². The van der Waals surface area contributed by atoms with Crippen molar-refractivity contribution in [2.24, 2.45) is 13.0 Å². The minimum Gasteiger partial charge on any atom is -0.373 e. The molecule has 3 amide bonds. The molecular formula is C37H44F2N12O4. The Labute approximate surface area is 314 Å². The summed E-state index contributed by atoms with van der Waals surface area (Å²) in [5.41, 5.74) is 2.24. The van der Waals surface area contributed by atoms with Gasteiger partial charge < -0.3 is 15.5 Å². The fraction of sp³-hybridized carbons (Fsp3) is 0.486. The minimum atomic E-state index is -2.86. The Bertz CT molecular complexity index is 2310. The van der Waals surface area contributed by atoms with E-state index in [2.05, 4.69) is 40.9 Å². The molecule has 0 spiro atoms. The number of para-hydroxylation sites is 1. The molecular weight excluding hydrogens is 714 g/mol. The molecule has 4 aromatic heterocycles. The first-order valence-corrected chi connectivity index (χ1v) is 18.8. The summed E-state index contributed by atoms with van der Waals surface area (Å²) in [6.45, 7) is 5.11. The van der Waals surface area contributed by atoms with Crippen LogP contribution in [0.5, 0.6) is 0 Å².